The minimum atomic E-state index is -0.660. The maximum Gasteiger partial charge on any atom is 0.373 e. The Morgan fingerprint density at radius 3 is 2.60 bits per heavy atom. The summed E-state index contributed by atoms with van der Waals surface area (Å²) < 4.78 is 9.95. The Bertz CT molecular complexity index is 797. The normalized spacial score (nSPS) is 12.0. The van der Waals surface area contributed by atoms with Crippen LogP contribution in [0.4, 0.5) is 5.69 Å². The lowest BCUT2D eigenvalue weighted by molar-refractivity contribution is -0.125. The third kappa shape index (κ3) is 4.57. The van der Waals surface area contributed by atoms with Gasteiger partial charge in [-0.15, -0.1) is 0 Å². The molecule has 1 aromatic carbocycles. The molecule has 1 atom stereocenters. The van der Waals surface area contributed by atoms with E-state index < -0.39 is 12.0 Å². The fourth-order valence-corrected chi connectivity index (χ4v) is 2.12. The first-order valence-electron chi connectivity index (χ1n) is 7.77. The highest BCUT2D eigenvalue weighted by atomic mass is 16.5. The molecule has 2 aromatic rings. The molecule has 4 N–H and O–H groups in total. The SMILES string of the molecule is COC(=O)c1cc2cc(NC(=O)CNC(=O)[C@@H](N)C(C)C)ccc2o1. The van der Waals surface area contributed by atoms with E-state index in [1.807, 2.05) is 13.8 Å². The highest BCUT2D eigenvalue weighted by molar-refractivity contribution is 5.98. The van der Waals surface area contributed by atoms with Crippen molar-refractivity contribution in [1.29, 1.82) is 0 Å². The van der Waals surface area contributed by atoms with E-state index in [1.54, 1.807) is 18.2 Å². The van der Waals surface area contributed by atoms with E-state index in [1.165, 1.54) is 13.2 Å². The summed E-state index contributed by atoms with van der Waals surface area (Å²) in [7, 11) is 1.26. The Morgan fingerprint density at radius 1 is 1.24 bits per heavy atom. The zero-order valence-electron chi connectivity index (χ0n) is 14.3. The molecule has 0 fully saturated rings. The van der Waals surface area contributed by atoms with Gasteiger partial charge in [0.15, 0.2) is 0 Å². The molecule has 25 heavy (non-hydrogen) atoms. The van der Waals surface area contributed by atoms with Crippen LogP contribution in [0.2, 0.25) is 0 Å². The van der Waals surface area contributed by atoms with Gasteiger partial charge in [0.25, 0.3) is 0 Å². The van der Waals surface area contributed by atoms with Gasteiger partial charge < -0.3 is 25.5 Å². The number of furan rings is 1. The number of nitrogens with one attached hydrogen (secondary N) is 2. The van der Waals surface area contributed by atoms with Gasteiger partial charge in [-0.05, 0) is 30.2 Å². The van der Waals surface area contributed by atoms with Crippen LogP contribution in [-0.4, -0.2) is 37.5 Å². The van der Waals surface area contributed by atoms with Crippen LogP contribution in [-0.2, 0) is 14.3 Å². The number of esters is 1. The summed E-state index contributed by atoms with van der Waals surface area (Å²) in [5.41, 5.74) is 6.71. The van der Waals surface area contributed by atoms with Gasteiger partial charge in [-0.2, -0.15) is 0 Å². The van der Waals surface area contributed by atoms with Crippen molar-refractivity contribution < 1.29 is 23.5 Å². The van der Waals surface area contributed by atoms with Crippen LogP contribution in [0.15, 0.2) is 28.7 Å². The van der Waals surface area contributed by atoms with Crippen LogP contribution >= 0.6 is 0 Å². The van der Waals surface area contributed by atoms with Gasteiger partial charge in [0.2, 0.25) is 17.6 Å². The lowest BCUT2D eigenvalue weighted by Gasteiger charge is -2.15. The zero-order valence-corrected chi connectivity index (χ0v) is 14.3. The highest BCUT2D eigenvalue weighted by Gasteiger charge is 2.18. The first-order chi connectivity index (χ1) is 11.8. The van der Waals surface area contributed by atoms with Gasteiger partial charge in [0.1, 0.15) is 5.58 Å². The highest BCUT2D eigenvalue weighted by Crippen LogP contribution is 2.23. The van der Waals surface area contributed by atoms with Crippen molar-refractivity contribution in [1.82, 2.24) is 5.32 Å². The van der Waals surface area contributed by atoms with Crippen molar-refractivity contribution >= 4 is 34.4 Å². The van der Waals surface area contributed by atoms with Crippen LogP contribution in [0.5, 0.6) is 0 Å². The predicted molar refractivity (Wildman–Crippen MR) is 92.0 cm³/mol. The lowest BCUT2D eigenvalue weighted by atomic mass is 10.1. The summed E-state index contributed by atoms with van der Waals surface area (Å²) in [6.07, 6.45) is 0. The minimum absolute atomic E-state index is 0.0180. The Hall–Kier alpha value is -2.87. The molecule has 2 rings (SSSR count). The fourth-order valence-electron chi connectivity index (χ4n) is 2.12. The van der Waals surface area contributed by atoms with E-state index in [2.05, 4.69) is 15.4 Å². The van der Waals surface area contributed by atoms with Gasteiger partial charge in [-0.3, -0.25) is 9.59 Å². The molecule has 0 aliphatic carbocycles. The van der Waals surface area contributed by atoms with E-state index in [-0.39, 0.29) is 30.0 Å². The summed E-state index contributed by atoms with van der Waals surface area (Å²) in [6.45, 7) is 3.47. The average molecular weight is 347 g/mol. The summed E-state index contributed by atoms with van der Waals surface area (Å²) >= 11 is 0. The van der Waals surface area contributed by atoms with E-state index >= 15 is 0 Å². The third-order valence-corrected chi connectivity index (χ3v) is 3.63. The molecular formula is C17H21N3O5. The van der Waals surface area contributed by atoms with Crippen molar-refractivity contribution in [3.63, 3.8) is 0 Å². The molecule has 2 amide bonds. The molecule has 0 saturated carbocycles. The van der Waals surface area contributed by atoms with E-state index in [0.717, 1.165) is 0 Å². The van der Waals surface area contributed by atoms with Crippen molar-refractivity contribution in [2.24, 2.45) is 11.7 Å². The second-order valence-electron chi connectivity index (χ2n) is 5.89. The molecule has 0 spiro atoms. The number of methoxy groups -OCH3 is 1. The topological polar surface area (TPSA) is 124 Å². The molecule has 0 aliphatic heterocycles. The first kappa shape index (κ1) is 18.5. The molecule has 1 heterocycles. The standard InChI is InChI=1S/C17H21N3O5/c1-9(2)15(18)16(22)19-8-14(21)20-11-4-5-12-10(6-11)7-13(25-12)17(23)24-3/h4-7,9,15H,8,18H2,1-3H3,(H,19,22)(H,20,21)/t15-/m0/s1. The second kappa shape index (κ2) is 7.80. The molecule has 0 saturated heterocycles. The van der Waals surface area contributed by atoms with Gasteiger partial charge in [0, 0.05) is 11.1 Å². The van der Waals surface area contributed by atoms with Crippen molar-refractivity contribution in [3.05, 3.63) is 30.0 Å². The molecule has 1 aromatic heterocycles. The first-order valence-corrected chi connectivity index (χ1v) is 7.77. The lowest BCUT2D eigenvalue weighted by Crippen LogP contribution is -2.46. The number of carbonyl (C=O) groups is 3. The average Bonchev–Trinajstić information content (AvgIpc) is 3.01. The summed E-state index contributed by atoms with van der Waals surface area (Å²) in [6, 6.07) is 5.79. The van der Waals surface area contributed by atoms with Gasteiger partial charge in [0.05, 0.1) is 19.7 Å². The maximum atomic E-state index is 11.9. The number of amides is 2. The second-order valence-corrected chi connectivity index (χ2v) is 5.89. The summed E-state index contributed by atoms with van der Waals surface area (Å²) in [4.78, 5) is 35.1. The van der Waals surface area contributed by atoms with Crippen molar-refractivity contribution in [3.8, 4) is 0 Å². The van der Waals surface area contributed by atoms with Crippen LogP contribution < -0.4 is 16.4 Å². The maximum absolute atomic E-state index is 11.9. The molecule has 8 nitrogen and oxygen atoms in total. The molecular weight excluding hydrogens is 326 g/mol. The zero-order chi connectivity index (χ0) is 18.6. The van der Waals surface area contributed by atoms with Gasteiger partial charge >= 0.3 is 5.97 Å². The number of rotatable bonds is 6. The Labute approximate surface area is 144 Å². The molecule has 0 bridgehead atoms. The molecule has 0 aliphatic rings. The Kier molecular flexibility index (Phi) is 5.76. The van der Waals surface area contributed by atoms with Crippen LogP contribution in [0, 0.1) is 5.92 Å². The number of hydrogen-bond donors (Lipinski definition) is 3. The van der Waals surface area contributed by atoms with Crippen molar-refractivity contribution in [2.75, 3.05) is 19.0 Å². The third-order valence-electron chi connectivity index (χ3n) is 3.63. The predicted octanol–water partition coefficient (Wildman–Crippen LogP) is 1.26. The van der Waals surface area contributed by atoms with Crippen LogP contribution in [0.25, 0.3) is 11.0 Å². The van der Waals surface area contributed by atoms with Gasteiger partial charge in [-0.1, -0.05) is 13.8 Å². The number of nitrogens with two attached hydrogens (primary N) is 1. The number of hydrogen-bond acceptors (Lipinski definition) is 6. The molecule has 134 valence electrons. The number of ether oxygens (including phenoxy) is 1. The largest absolute Gasteiger partial charge is 0.463 e. The van der Waals surface area contributed by atoms with Crippen LogP contribution in [0.3, 0.4) is 0 Å². The van der Waals surface area contributed by atoms with Gasteiger partial charge in [-0.25, -0.2) is 4.79 Å². The van der Waals surface area contributed by atoms with E-state index in [9.17, 15) is 14.4 Å². The Morgan fingerprint density at radius 2 is 1.96 bits per heavy atom. The van der Waals surface area contributed by atoms with E-state index in [0.29, 0.717) is 16.7 Å². The molecule has 0 unspecified atom stereocenters. The fraction of sp³-hybridized carbons (Fsp3) is 0.353. The van der Waals surface area contributed by atoms with E-state index in [4.69, 9.17) is 10.2 Å². The minimum Gasteiger partial charge on any atom is -0.463 e. The quantitative estimate of drug-likeness (QED) is 0.676. The number of carbonyl (C=O) groups excluding carboxylic acids is 3. The molecule has 0 radical (unpaired) electrons. The Balaban J connectivity index is 1.99. The number of anilines is 1. The smallest absolute Gasteiger partial charge is 0.373 e. The number of benzene rings is 1. The van der Waals surface area contributed by atoms with Crippen molar-refractivity contribution in [2.45, 2.75) is 19.9 Å². The number of fused-ring (bicyclic) bond motifs is 1. The van der Waals surface area contributed by atoms with Crippen LogP contribution in [0.1, 0.15) is 24.4 Å². The summed E-state index contributed by atoms with van der Waals surface area (Å²) in [5.74, 6) is -1.28. The summed E-state index contributed by atoms with van der Waals surface area (Å²) in [5, 5.41) is 5.79. The monoisotopic (exact) mass is 347 g/mol. The molecule has 8 heteroatoms.